The average Bonchev–Trinajstić information content (AvgIpc) is 3.88. The van der Waals surface area contributed by atoms with Gasteiger partial charge in [-0.05, 0) is 83.3 Å². The number of carbonyl (C=O) groups excluding carboxylic acids is 1. The summed E-state index contributed by atoms with van der Waals surface area (Å²) in [6, 6.07) is 6.17. The van der Waals surface area contributed by atoms with Crippen molar-refractivity contribution in [1.29, 1.82) is 0 Å². The third-order valence-corrected chi connectivity index (χ3v) is 13.7. The molecule has 2 saturated carbocycles. The summed E-state index contributed by atoms with van der Waals surface area (Å²) in [6.07, 6.45) is 8.76. The van der Waals surface area contributed by atoms with E-state index in [1.807, 2.05) is 0 Å². The van der Waals surface area contributed by atoms with Crippen LogP contribution >= 0.6 is 11.3 Å². The number of nitrogens with zero attached hydrogens (tertiary/aromatic N) is 5. The van der Waals surface area contributed by atoms with Crippen molar-refractivity contribution in [2.45, 2.75) is 113 Å². The number of halogens is 2. The Bertz CT molecular complexity index is 2190. The van der Waals surface area contributed by atoms with Crippen LogP contribution in [0.25, 0.3) is 15.2 Å². The second-order valence-corrected chi connectivity index (χ2v) is 17.0. The molecule has 2 saturated heterocycles. The van der Waals surface area contributed by atoms with Gasteiger partial charge in [0.1, 0.15) is 21.1 Å². The quantitative estimate of drug-likeness (QED) is 0.244. The van der Waals surface area contributed by atoms with Gasteiger partial charge in [-0.25, -0.2) is 17.8 Å². The first-order valence-corrected chi connectivity index (χ1v) is 19.1. The first-order chi connectivity index (χ1) is 24.2. The Balaban J connectivity index is 0.000000402. The lowest BCUT2D eigenvalue weighted by Crippen LogP contribution is -2.53. The summed E-state index contributed by atoms with van der Waals surface area (Å²) in [5, 5.41) is 18.1. The van der Waals surface area contributed by atoms with Crippen LogP contribution < -0.4 is 20.7 Å². The first kappa shape index (κ1) is 35.4. The molecule has 18 heteroatoms. The molecule has 3 atom stereocenters. The van der Waals surface area contributed by atoms with Crippen LogP contribution in [0.5, 0.6) is 5.75 Å². The number of aromatic nitrogens is 5. The molecule has 0 spiro atoms. The number of carbonyl (C=O) groups is 1. The van der Waals surface area contributed by atoms with Gasteiger partial charge in [-0.15, -0.1) is 4.80 Å². The number of para-hydroxylation sites is 1. The molecule has 2 aliphatic carbocycles. The topological polar surface area (TPSA) is 177 Å². The highest BCUT2D eigenvalue weighted by Crippen LogP contribution is 2.46. The van der Waals surface area contributed by atoms with E-state index in [0.29, 0.717) is 41.2 Å². The van der Waals surface area contributed by atoms with Crippen molar-refractivity contribution in [1.82, 2.24) is 28.9 Å². The summed E-state index contributed by atoms with van der Waals surface area (Å²) in [4.78, 5) is 43.1. The molecule has 2 N–H and O–H groups in total. The Kier molecular flexibility index (Phi) is 9.16. The maximum absolute atomic E-state index is 14.1. The fraction of sp³-hybridized carbons (Fsp3) is 0.545. The van der Waals surface area contributed by atoms with Crippen LogP contribution in [-0.4, -0.2) is 73.2 Å². The van der Waals surface area contributed by atoms with Crippen molar-refractivity contribution in [2.24, 2.45) is 0 Å². The van der Waals surface area contributed by atoms with Crippen molar-refractivity contribution < 1.29 is 38.0 Å². The highest BCUT2D eigenvalue weighted by Gasteiger charge is 2.58. The number of aryl methyl sites for hydroxylation is 3. The molecule has 3 aromatic heterocycles. The van der Waals surface area contributed by atoms with E-state index in [4.69, 9.17) is 4.74 Å². The molecule has 4 aromatic rings. The standard InChI is InChI=1S/C26H26F2N6O6S2.C7H12O2.H2/c1-15-18-19(35)33(26(10-11-26)22(36)31-42(38,39)25(2)8-9-25)24(37)32(21(18)41-20(15)34-29-12-13-30-34)14-7-16-5-3-4-6-17(16)40-23(27)28;8-5-3-6-1-2-7(4-5)9-6;/h3-6,12-13,23H,7-11,14H2,1-2H3,(H,31,36);5-8H,1-4H2;1H/t;5?,6-,7+;. The highest BCUT2D eigenvalue weighted by molar-refractivity contribution is 7.91. The van der Waals surface area contributed by atoms with Crippen molar-refractivity contribution in [3.05, 3.63) is 68.6 Å². The molecule has 14 nitrogen and oxygen atoms in total. The van der Waals surface area contributed by atoms with Gasteiger partial charge in [0.05, 0.1) is 40.8 Å². The van der Waals surface area contributed by atoms with E-state index in [2.05, 4.69) is 19.7 Å². The lowest BCUT2D eigenvalue weighted by molar-refractivity contribution is -0.124. The number of aliphatic hydroxyl groups excluding tert-OH is 1. The molecule has 0 radical (unpaired) electrons. The highest BCUT2D eigenvalue weighted by atomic mass is 32.2. The third-order valence-electron chi connectivity index (χ3n) is 10.3. The van der Waals surface area contributed by atoms with Crippen LogP contribution in [0.4, 0.5) is 8.78 Å². The molecule has 4 fully saturated rings. The van der Waals surface area contributed by atoms with E-state index in [1.54, 1.807) is 25.1 Å². The fourth-order valence-corrected chi connectivity index (χ4v) is 9.42. The third kappa shape index (κ3) is 6.62. The Morgan fingerprint density at radius 1 is 1.14 bits per heavy atom. The van der Waals surface area contributed by atoms with Crippen LogP contribution in [0.1, 0.15) is 70.8 Å². The van der Waals surface area contributed by atoms with Crippen LogP contribution in [0, 0.1) is 6.92 Å². The lowest BCUT2D eigenvalue weighted by atomic mass is 10.1. The van der Waals surface area contributed by atoms with E-state index >= 15 is 0 Å². The summed E-state index contributed by atoms with van der Waals surface area (Å²) >= 11 is 1.10. The second-order valence-electron chi connectivity index (χ2n) is 13.8. The maximum Gasteiger partial charge on any atom is 0.387 e. The normalized spacial score (nSPS) is 22.7. The van der Waals surface area contributed by atoms with Crippen LogP contribution in [0.3, 0.4) is 0 Å². The zero-order chi connectivity index (χ0) is 36.3. The molecule has 5 heterocycles. The van der Waals surface area contributed by atoms with E-state index in [-0.39, 0.29) is 49.3 Å². The molecule has 1 aromatic carbocycles. The SMILES string of the molecule is Cc1c(-n2nccn2)sc2c1c(=O)n(C1(C(=O)NS(=O)(=O)C3(C)CC3)CC1)c(=O)n2CCc1ccccc1OC(F)F.OC1C[C@H]2CC[C@@H](C1)O2.[HH]. The number of thiophene rings is 1. The monoisotopic (exact) mass is 750 g/mol. The second kappa shape index (κ2) is 13.2. The van der Waals surface area contributed by atoms with Gasteiger partial charge in [0.2, 0.25) is 10.0 Å². The minimum absolute atomic E-state index is 0. The van der Waals surface area contributed by atoms with E-state index in [9.17, 15) is 36.7 Å². The largest absolute Gasteiger partial charge is 0.435 e. The number of nitrogens with one attached hydrogen (secondary N) is 1. The number of fused-ring (bicyclic) bond motifs is 3. The number of benzene rings is 1. The molecule has 276 valence electrons. The molecule has 2 bridgehead atoms. The first-order valence-electron chi connectivity index (χ1n) is 16.8. The van der Waals surface area contributed by atoms with Crippen LogP contribution in [-0.2, 0) is 38.1 Å². The number of ether oxygens (including phenoxy) is 2. The Hall–Kier alpha value is -4.00. The average molecular weight is 751 g/mol. The predicted octanol–water partition coefficient (Wildman–Crippen LogP) is 3.38. The number of sulfonamides is 1. The van der Waals surface area contributed by atoms with Crippen molar-refractivity contribution in [3.63, 3.8) is 0 Å². The minimum Gasteiger partial charge on any atom is -0.435 e. The smallest absolute Gasteiger partial charge is 0.387 e. The summed E-state index contributed by atoms with van der Waals surface area (Å²) in [5.74, 6) is -0.982. The van der Waals surface area contributed by atoms with E-state index in [1.165, 1.54) is 47.6 Å². The van der Waals surface area contributed by atoms with E-state index < -0.39 is 44.1 Å². The van der Waals surface area contributed by atoms with Crippen molar-refractivity contribution in [2.75, 3.05) is 0 Å². The number of aliphatic hydroxyl groups is 1. The van der Waals surface area contributed by atoms with Gasteiger partial charge < -0.3 is 14.6 Å². The molecule has 1 amide bonds. The number of amides is 1. The van der Waals surface area contributed by atoms with Gasteiger partial charge >= 0.3 is 12.3 Å². The van der Waals surface area contributed by atoms with Crippen molar-refractivity contribution in [3.8, 4) is 10.8 Å². The molecule has 4 aliphatic rings. The Labute approximate surface area is 296 Å². The predicted molar refractivity (Wildman–Crippen MR) is 184 cm³/mol. The number of rotatable bonds is 10. The van der Waals surface area contributed by atoms with Crippen molar-refractivity contribution >= 4 is 37.5 Å². The number of alkyl halides is 2. The number of hydrogen-bond donors (Lipinski definition) is 2. The molecule has 8 rings (SSSR count). The molecule has 2 aliphatic heterocycles. The zero-order valence-electron chi connectivity index (χ0n) is 28.0. The molecular weight excluding hydrogens is 711 g/mol. The van der Waals surface area contributed by atoms with Gasteiger partial charge in [-0.2, -0.15) is 19.0 Å². The molecular formula is C33H40F2N6O8S2. The molecule has 1 unspecified atom stereocenters. The van der Waals surface area contributed by atoms with Crippen LogP contribution in [0.15, 0.2) is 46.2 Å². The Morgan fingerprint density at radius 3 is 2.39 bits per heavy atom. The Morgan fingerprint density at radius 2 is 1.78 bits per heavy atom. The summed E-state index contributed by atoms with van der Waals surface area (Å²) in [7, 11) is -4.03. The van der Waals surface area contributed by atoms with Gasteiger partial charge in [0.25, 0.3) is 11.5 Å². The van der Waals surface area contributed by atoms with Crippen LogP contribution in [0.2, 0.25) is 0 Å². The summed E-state index contributed by atoms with van der Waals surface area (Å²) in [5.41, 5.74) is -2.36. The zero-order valence-corrected chi connectivity index (χ0v) is 29.6. The summed E-state index contributed by atoms with van der Waals surface area (Å²) in [6.45, 7) is 0.0953. The maximum atomic E-state index is 14.1. The van der Waals surface area contributed by atoms with Gasteiger partial charge in [-0.3, -0.25) is 18.9 Å². The molecule has 51 heavy (non-hydrogen) atoms. The lowest BCUT2D eigenvalue weighted by Gasteiger charge is -2.24. The van der Waals surface area contributed by atoms with Gasteiger partial charge in [0.15, 0.2) is 0 Å². The van der Waals surface area contributed by atoms with Gasteiger partial charge in [-0.1, -0.05) is 29.5 Å². The number of hydrogen-bond acceptors (Lipinski definition) is 11. The summed E-state index contributed by atoms with van der Waals surface area (Å²) < 4.78 is 65.1. The minimum atomic E-state index is -4.03. The van der Waals surface area contributed by atoms with E-state index in [0.717, 1.165) is 28.7 Å². The van der Waals surface area contributed by atoms with Gasteiger partial charge in [0, 0.05) is 13.5 Å². The fourth-order valence-electron chi connectivity index (χ4n) is 6.86.